The smallest absolute Gasteiger partial charge is 0.163 e. The molecule has 2 aromatic rings. The summed E-state index contributed by atoms with van der Waals surface area (Å²) in [7, 11) is 0. The van der Waals surface area contributed by atoms with Crippen LogP contribution >= 0.6 is 0 Å². The van der Waals surface area contributed by atoms with Gasteiger partial charge in [0.2, 0.25) is 0 Å². The van der Waals surface area contributed by atoms with E-state index in [2.05, 4.69) is 37.7 Å². The molecule has 1 aliphatic carbocycles. The summed E-state index contributed by atoms with van der Waals surface area (Å²) in [6, 6.07) is 2.27. The maximum Gasteiger partial charge on any atom is 0.163 e. The molecule has 0 N–H and O–H groups in total. The predicted molar refractivity (Wildman–Crippen MR) is 101 cm³/mol. The molecule has 0 aliphatic heterocycles. The van der Waals surface area contributed by atoms with Gasteiger partial charge in [-0.05, 0) is 58.8 Å². The minimum Gasteiger partial charge on any atom is -0.304 e. The van der Waals surface area contributed by atoms with Gasteiger partial charge in [-0.1, -0.05) is 13.8 Å². The third kappa shape index (κ3) is 3.92. The fraction of sp³-hybridized carbons (Fsp3) is 0.650. The number of ketones is 1. The minimum absolute atomic E-state index is 0.227. The summed E-state index contributed by atoms with van der Waals surface area (Å²) in [5.41, 5.74) is 2.76. The van der Waals surface area contributed by atoms with Crippen LogP contribution in [0.3, 0.4) is 0 Å². The molecule has 5 heteroatoms. The largest absolute Gasteiger partial charge is 0.304 e. The molecule has 0 spiro atoms. The van der Waals surface area contributed by atoms with Gasteiger partial charge < -0.3 is 4.90 Å². The van der Waals surface area contributed by atoms with Crippen molar-refractivity contribution in [3.05, 3.63) is 23.5 Å². The highest BCUT2D eigenvalue weighted by molar-refractivity contribution is 6.06. The van der Waals surface area contributed by atoms with Crippen LogP contribution in [0, 0.1) is 0 Å². The van der Waals surface area contributed by atoms with Crippen molar-refractivity contribution in [2.75, 3.05) is 19.6 Å². The fourth-order valence-electron chi connectivity index (χ4n) is 3.37. The highest BCUT2D eigenvalue weighted by Gasteiger charge is 2.28. The number of pyridine rings is 1. The van der Waals surface area contributed by atoms with Crippen LogP contribution in [-0.4, -0.2) is 45.1 Å². The summed E-state index contributed by atoms with van der Waals surface area (Å²) in [6.45, 7) is 11.6. The second kappa shape index (κ2) is 7.65. The van der Waals surface area contributed by atoms with Gasteiger partial charge in [0.05, 0.1) is 6.20 Å². The lowest BCUT2D eigenvalue weighted by Crippen LogP contribution is -2.24. The zero-order valence-corrected chi connectivity index (χ0v) is 16.0. The third-order valence-electron chi connectivity index (χ3n) is 5.14. The molecule has 136 valence electrons. The van der Waals surface area contributed by atoms with Gasteiger partial charge in [-0.15, -0.1) is 0 Å². The number of hydrogen-bond acceptors (Lipinski definition) is 4. The van der Waals surface area contributed by atoms with Crippen LogP contribution in [-0.2, 0) is 0 Å². The Morgan fingerprint density at radius 3 is 2.64 bits per heavy atom. The lowest BCUT2D eigenvalue weighted by molar-refractivity contribution is 0.0976. The molecule has 1 aliphatic rings. The number of fused-ring (bicyclic) bond motifs is 1. The number of hydrogen-bond donors (Lipinski definition) is 0. The molecule has 0 unspecified atom stereocenters. The van der Waals surface area contributed by atoms with E-state index in [4.69, 9.17) is 4.98 Å². The molecule has 0 bridgehead atoms. The molecule has 0 saturated heterocycles. The van der Waals surface area contributed by atoms with E-state index in [-0.39, 0.29) is 11.8 Å². The SMILES string of the molecule is CCN(CC)CCCC(=O)c1cc(C2CC2)nc2c1cnn2C(C)C. The first kappa shape index (κ1) is 18.1. The Hall–Kier alpha value is -1.75. The van der Waals surface area contributed by atoms with Gasteiger partial charge in [0.15, 0.2) is 11.4 Å². The number of Topliss-reactive ketones (excluding diaryl/α,β-unsaturated/α-hetero) is 1. The Bertz CT molecular complexity index is 741. The first-order chi connectivity index (χ1) is 12.0. The van der Waals surface area contributed by atoms with Gasteiger partial charge in [-0.25, -0.2) is 9.67 Å². The monoisotopic (exact) mass is 342 g/mol. The van der Waals surface area contributed by atoms with Gasteiger partial charge in [-0.2, -0.15) is 5.10 Å². The van der Waals surface area contributed by atoms with Crippen molar-refractivity contribution in [1.82, 2.24) is 19.7 Å². The van der Waals surface area contributed by atoms with E-state index in [0.29, 0.717) is 12.3 Å². The average Bonchev–Trinajstić information content (AvgIpc) is 3.36. The van der Waals surface area contributed by atoms with E-state index in [1.54, 1.807) is 0 Å². The van der Waals surface area contributed by atoms with E-state index in [1.165, 1.54) is 12.8 Å². The summed E-state index contributed by atoms with van der Waals surface area (Å²) < 4.78 is 1.94. The molecule has 5 nitrogen and oxygen atoms in total. The zero-order chi connectivity index (χ0) is 18.0. The van der Waals surface area contributed by atoms with Gasteiger partial charge in [-0.3, -0.25) is 4.79 Å². The molecule has 3 rings (SSSR count). The molecular formula is C20H30N4O. The Labute approximate surface area is 150 Å². The number of aromatic nitrogens is 3. The average molecular weight is 342 g/mol. The molecule has 1 fully saturated rings. The van der Waals surface area contributed by atoms with Crippen molar-refractivity contribution in [2.24, 2.45) is 0 Å². The van der Waals surface area contributed by atoms with Crippen LogP contribution in [0.5, 0.6) is 0 Å². The second-order valence-electron chi connectivity index (χ2n) is 7.34. The van der Waals surface area contributed by atoms with E-state index < -0.39 is 0 Å². The van der Waals surface area contributed by atoms with Crippen molar-refractivity contribution >= 4 is 16.8 Å². The van der Waals surface area contributed by atoms with Crippen molar-refractivity contribution in [2.45, 2.75) is 65.3 Å². The maximum atomic E-state index is 12.9. The summed E-state index contributed by atoms with van der Waals surface area (Å²) in [4.78, 5) is 20.1. The van der Waals surface area contributed by atoms with Crippen molar-refractivity contribution in [1.29, 1.82) is 0 Å². The van der Waals surface area contributed by atoms with E-state index in [1.807, 2.05) is 16.9 Å². The number of carbonyl (C=O) groups excluding carboxylic acids is 1. The lowest BCUT2D eigenvalue weighted by Gasteiger charge is -2.17. The van der Waals surface area contributed by atoms with Crippen LogP contribution in [0.25, 0.3) is 11.0 Å². The van der Waals surface area contributed by atoms with Crippen LogP contribution in [0.2, 0.25) is 0 Å². The number of carbonyl (C=O) groups is 1. The predicted octanol–water partition coefficient (Wildman–Crippen LogP) is 4.19. The standard InChI is InChI=1S/C20H30N4O/c1-5-23(6-2)11-7-8-19(25)16-12-18(15-9-10-15)22-20-17(16)13-21-24(20)14(3)4/h12-15H,5-11H2,1-4H3. The molecule has 0 atom stereocenters. The summed E-state index contributed by atoms with van der Waals surface area (Å²) in [6.07, 6.45) is 5.68. The van der Waals surface area contributed by atoms with Gasteiger partial charge in [0.1, 0.15) is 0 Å². The van der Waals surface area contributed by atoms with E-state index >= 15 is 0 Å². The van der Waals surface area contributed by atoms with Crippen molar-refractivity contribution < 1.29 is 4.79 Å². The molecule has 0 radical (unpaired) electrons. The molecule has 0 amide bonds. The quantitative estimate of drug-likeness (QED) is 0.641. The normalized spacial score (nSPS) is 14.8. The Morgan fingerprint density at radius 1 is 1.32 bits per heavy atom. The minimum atomic E-state index is 0.227. The van der Waals surface area contributed by atoms with Crippen LogP contribution < -0.4 is 0 Å². The summed E-state index contributed by atoms with van der Waals surface area (Å²) >= 11 is 0. The van der Waals surface area contributed by atoms with E-state index in [9.17, 15) is 4.79 Å². The second-order valence-corrected chi connectivity index (χ2v) is 7.34. The molecule has 2 aromatic heterocycles. The number of nitrogens with zero attached hydrogens (tertiary/aromatic N) is 4. The van der Waals surface area contributed by atoms with Gasteiger partial charge >= 0.3 is 0 Å². The zero-order valence-electron chi connectivity index (χ0n) is 16.0. The molecule has 2 heterocycles. The van der Waals surface area contributed by atoms with Gasteiger partial charge in [0, 0.05) is 35.0 Å². The highest BCUT2D eigenvalue weighted by Crippen LogP contribution is 2.40. The molecular weight excluding hydrogens is 312 g/mol. The maximum absolute atomic E-state index is 12.9. The fourth-order valence-corrected chi connectivity index (χ4v) is 3.37. The first-order valence-electron chi connectivity index (χ1n) is 9.68. The summed E-state index contributed by atoms with van der Waals surface area (Å²) in [5.74, 6) is 0.756. The van der Waals surface area contributed by atoms with Crippen LogP contribution in [0.15, 0.2) is 12.3 Å². The topological polar surface area (TPSA) is 51.0 Å². The third-order valence-corrected chi connectivity index (χ3v) is 5.14. The van der Waals surface area contributed by atoms with E-state index in [0.717, 1.165) is 48.3 Å². The van der Waals surface area contributed by atoms with Crippen LogP contribution in [0.1, 0.15) is 81.4 Å². The first-order valence-corrected chi connectivity index (χ1v) is 9.68. The van der Waals surface area contributed by atoms with Crippen molar-refractivity contribution in [3.63, 3.8) is 0 Å². The highest BCUT2D eigenvalue weighted by atomic mass is 16.1. The van der Waals surface area contributed by atoms with Crippen LogP contribution in [0.4, 0.5) is 0 Å². The van der Waals surface area contributed by atoms with Crippen molar-refractivity contribution in [3.8, 4) is 0 Å². The summed E-state index contributed by atoms with van der Waals surface area (Å²) in [5, 5.41) is 5.40. The molecule has 25 heavy (non-hydrogen) atoms. The molecule has 1 saturated carbocycles. The lowest BCUT2D eigenvalue weighted by atomic mass is 10.0. The molecule has 0 aromatic carbocycles. The Balaban J connectivity index is 1.85. The Kier molecular flexibility index (Phi) is 5.52. The number of rotatable bonds is 9. The van der Waals surface area contributed by atoms with Gasteiger partial charge in [0.25, 0.3) is 0 Å². The Morgan fingerprint density at radius 2 is 2.04 bits per heavy atom.